The summed E-state index contributed by atoms with van der Waals surface area (Å²) in [7, 11) is 0. The Labute approximate surface area is 216 Å². The Kier molecular flexibility index (Phi) is 7.78. The van der Waals surface area contributed by atoms with Crippen LogP contribution in [-0.4, -0.2) is 20.6 Å². The zero-order valence-electron chi connectivity index (χ0n) is 21.5. The fourth-order valence-electron chi connectivity index (χ4n) is 4.31. The number of aryl methyl sites for hydroxylation is 2. The minimum absolute atomic E-state index is 0.0121. The Balaban J connectivity index is 1.75. The number of hydrogen-bond donors (Lipinski definition) is 0. The molecular weight excluding hydrogens is 467 g/mol. The van der Waals surface area contributed by atoms with Gasteiger partial charge in [-0.3, -0.25) is 9.36 Å². The molecule has 2 aromatic carbocycles. The van der Waals surface area contributed by atoms with E-state index in [0.29, 0.717) is 57.2 Å². The first-order chi connectivity index (χ1) is 17.8. The van der Waals surface area contributed by atoms with E-state index in [-0.39, 0.29) is 18.2 Å². The van der Waals surface area contributed by atoms with Gasteiger partial charge in [-0.25, -0.2) is 14.4 Å². The molecule has 2 heterocycles. The molecule has 0 N–H and O–H groups in total. The van der Waals surface area contributed by atoms with Crippen molar-refractivity contribution in [3.8, 4) is 34.2 Å². The summed E-state index contributed by atoms with van der Waals surface area (Å²) >= 11 is 0. The van der Waals surface area contributed by atoms with Crippen LogP contribution in [0.3, 0.4) is 0 Å². The minimum atomic E-state index is -0.446. The van der Waals surface area contributed by atoms with Crippen LogP contribution in [0.25, 0.3) is 22.3 Å². The Morgan fingerprint density at radius 1 is 1.11 bits per heavy atom. The van der Waals surface area contributed by atoms with E-state index in [4.69, 9.17) is 9.72 Å². The lowest BCUT2D eigenvalue weighted by molar-refractivity contribution is 0.232. The molecule has 188 valence electrons. The van der Waals surface area contributed by atoms with Crippen molar-refractivity contribution in [1.29, 1.82) is 5.26 Å². The molecule has 0 aliphatic rings. The monoisotopic (exact) mass is 496 g/mol. The third kappa shape index (κ3) is 5.59. The third-order valence-corrected chi connectivity index (χ3v) is 6.02. The van der Waals surface area contributed by atoms with Crippen molar-refractivity contribution >= 4 is 0 Å². The van der Waals surface area contributed by atoms with Crippen molar-refractivity contribution in [3.05, 3.63) is 99.6 Å². The molecule has 0 saturated heterocycles. The standard InChI is InChI=1S/C30H29FN4O2/c1-5-8-27-34-20(4)29(23-13-14-28(33-17-23)37-19(2)3)30(36)35(27)18-24-12-11-21(15-26(24)31)25-10-7-6-9-22(25)16-32/h6-7,9-15,17,19H,5,8,18H2,1-4H3. The van der Waals surface area contributed by atoms with Crippen LogP contribution in [0.5, 0.6) is 5.88 Å². The number of nitriles is 1. The fourth-order valence-corrected chi connectivity index (χ4v) is 4.31. The molecule has 0 unspecified atom stereocenters. The Hall–Kier alpha value is -4.31. The number of halogens is 1. The molecule has 0 fully saturated rings. The molecule has 4 rings (SSSR count). The van der Waals surface area contributed by atoms with E-state index >= 15 is 4.39 Å². The molecule has 0 radical (unpaired) electrons. The predicted molar refractivity (Wildman–Crippen MR) is 142 cm³/mol. The van der Waals surface area contributed by atoms with Gasteiger partial charge in [-0.05, 0) is 56.5 Å². The largest absolute Gasteiger partial charge is 0.475 e. The summed E-state index contributed by atoms with van der Waals surface area (Å²) in [5, 5.41) is 9.41. The third-order valence-electron chi connectivity index (χ3n) is 6.02. The van der Waals surface area contributed by atoms with Gasteiger partial charge in [0.1, 0.15) is 11.6 Å². The number of aromatic nitrogens is 3. The van der Waals surface area contributed by atoms with Crippen molar-refractivity contribution in [1.82, 2.24) is 14.5 Å². The van der Waals surface area contributed by atoms with Crippen molar-refractivity contribution in [2.75, 3.05) is 0 Å². The summed E-state index contributed by atoms with van der Waals surface area (Å²) in [4.78, 5) is 22.8. The molecule has 0 aliphatic carbocycles. The Morgan fingerprint density at radius 3 is 2.51 bits per heavy atom. The van der Waals surface area contributed by atoms with Gasteiger partial charge in [-0.2, -0.15) is 5.26 Å². The minimum Gasteiger partial charge on any atom is -0.475 e. The SMILES string of the molecule is CCCc1nc(C)c(-c2ccc(OC(C)C)nc2)c(=O)n1Cc1ccc(-c2ccccc2C#N)cc1F. The number of nitrogens with zero attached hydrogens (tertiary/aromatic N) is 4. The Bertz CT molecular complexity index is 1520. The molecule has 0 spiro atoms. The van der Waals surface area contributed by atoms with Gasteiger partial charge >= 0.3 is 0 Å². The molecule has 0 bridgehead atoms. The maximum atomic E-state index is 15.3. The summed E-state index contributed by atoms with van der Waals surface area (Å²) < 4.78 is 22.5. The van der Waals surface area contributed by atoms with E-state index in [1.54, 1.807) is 60.2 Å². The van der Waals surface area contributed by atoms with E-state index in [2.05, 4.69) is 11.1 Å². The first-order valence-corrected chi connectivity index (χ1v) is 12.3. The normalized spacial score (nSPS) is 10.9. The van der Waals surface area contributed by atoms with Crippen LogP contribution in [0, 0.1) is 24.1 Å². The molecule has 6 nitrogen and oxygen atoms in total. The van der Waals surface area contributed by atoms with E-state index in [9.17, 15) is 10.1 Å². The second-order valence-electron chi connectivity index (χ2n) is 9.15. The van der Waals surface area contributed by atoms with E-state index < -0.39 is 5.82 Å². The van der Waals surface area contributed by atoms with Crippen LogP contribution < -0.4 is 10.3 Å². The second kappa shape index (κ2) is 11.2. The van der Waals surface area contributed by atoms with Crippen LogP contribution in [0.4, 0.5) is 4.39 Å². The molecule has 2 aromatic heterocycles. The number of hydrogen-bond acceptors (Lipinski definition) is 5. The van der Waals surface area contributed by atoms with Crippen molar-refractivity contribution in [3.63, 3.8) is 0 Å². The zero-order chi connectivity index (χ0) is 26.5. The van der Waals surface area contributed by atoms with Crippen LogP contribution in [0.1, 0.15) is 49.8 Å². The zero-order valence-corrected chi connectivity index (χ0v) is 21.5. The first-order valence-electron chi connectivity index (χ1n) is 12.3. The van der Waals surface area contributed by atoms with Gasteiger partial charge in [0.15, 0.2) is 0 Å². The molecular formula is C30H29FN4O2. The van der Waals surface area contributed by atoms with Crippen LogP contribution >= 0.6 is 0 Å². The lowest BCUT2D eigenvalue weighted by atomic mass is 9.99. The van der Waals surface area contributed by atoms with Gasteiger partial charge in [0.05, 0.1) is 35.5 Å². The van der Waals surface area contributed by atoms with Crippen LogP contribution in [0.2, 0.25) is 0 Å². The van der Waals surface area contributed by atoms with Crippen LogP contribution in [-0.2, 0) is 13.0 Å². The smallest absolute Gasteiger partial charge is 0.262 e. The van der Waals surface area contributed by atoms with Crippen molar-refractivity contribution in [2.24, 2.45) is 0 Å². The van der Waals surface area contributed by atoms with Crippen molar-refractivity contribution in [2.45, 2.75) is 53.2 Å². The fraction of sp³-hybridized carbons (Fsp3) is 0.267. The topological polar surface area (TPSA) is 80.8 Å². The molecule has 0 atom stereocenters. The quantitative estimate of drug-likeness (QED) is 0.295. The highest BCUT2D eigenvalue weighted by Crippen LogP contribution is 2.26. The van der Waals surface area contributed by atoms with E-state index in [1.165, 1.54) is 6.07 Å². The van der Waals surface area contributed by atoms with Crippen molar-refractivity contribution < 1.29 is 9.13 Å². The summed E-state index contributed by atoms with van der Waals surface area (Å²) in [5.74, 6) is 0.644. The van der Waals surface area contributed by atoms with E-state index in [1.807, 2.05) is 26.8 Å². The highest BCUT2D eigenvalue weighted by molar-refractivity contribution is 5.70. The summed E-state index contributed by atoms with van der Waals surface area (Å²) in [6, 6.07) is 17.6. The maximum absolute atomic E-state index is 15.3. The predicted octanol–water partition coefficient (Wildman–Crippen LogP) is 6.08. The molecule has 7 heteroatoms. The summed E-state index contributed by atoms with van der Waals surface area (Å²) in [6.45, 7) is 7.70. The van der Waals surface area contributed by atoms with Gasteiger partial charge in [0.25, 0.3) is 5.56 Å². The lowest BCUT2D eigenvalue weighted by Crippen LogP contribution is -2.28. The second-order valence-corrected chi connectivity index (χ2v) is 9.15. The van der Waals surface area contributed by atoms with Gasteiger partial charge in [0, 0.05) is 29.8 Å². The number of rotatable bonds is 8. The highest BCUT2D eigenvalue weighted by Gasteiger charge is 2.18. The van der Waals surface area contributed by atoms with Gasteiger partial charge in [-0.15, -0.1) is 0 Å². The number of ether oxygens (including phenoxy) is 1. The molecule has 0 amide bonds. The van der Waals surface area contributed by atoms with Gasteiger partial charge in [0.2, 0.25) is 5.88 Å². The summed E-state index contributed by atoms with van der Waals surface area (Å²) in [5.41, 5.74) is 3.54. The number of pyridine rings is 1. The molecule has 0 saturated carbocycles. The Morgan fingerprint density at radius 2 is 1.86 bits per heavy atom. The average molecular weight is 497 g/mol. The van der Waals surface area contributed by atoms with Gasteiger partial charge < -0.3 is 4.74 Å². The highest BCUT2D eigenvalue weighted by atomic mass is 19.1. The molecule has 4 aromatic rings. The van der Waals surface area contributed by atoms with Gasteiger partial charge in [-0.1, -0.05) is 37.3 Å². The average Bonchev–Trinajstić information content (AvgIpc) is 2.88. The summed E-state index contributed by atoms with van der Waals surface area (Å²) in [6.07, 6.45) is 2.97. The lowest BCUT2D eigenvalue weighted by Gasteiger charge is -2.17. The molecule has 0 aliphatic heterocycles. The maximum Gasteiger partial charge on any atom is 0.262 e. The number of benzene rings is 2. The molecule has 37 heavy (non-hydrogen) atoms. The van der Waals surface area contributed by atoms with Crippen LogP contribution in [0.15, 0.2) is 65.6 Å². The first kappa shape index (κ1) is 25.8. The van der Waals surface area contributed by atoms with E-state index in [0.717, 1.165) is 6.42 Å².